The molecular formula is C18H13BrO5. The van der Waals surface area contributed by atoms with Crippen LogP contribution in [-0.2, 0) is 4.79 Å². The Kier molecular flexibility index (Phi) is 4.40. The molecule has 24 heavy (non-hydrogen) atoms. The van der Waals surface area contributed by atoms with Gasteiger partial charge in [-0.3, -0.25) is 4.79 Å². The highest BCUT2D eigenvalue weighted by Crippen LogP contribution is 2.35. The maximum atomic E-state index is 12.4. The van der Waals surface area contributed by atoms with Crippen molar-refractivity contribution in [3.8, 4) is 11.5 Å². The Morgan fingerprint density at radius 2 is 2.04 bits per heavy atom. The van der Waals surface area contributed by atoms with Crippen LogP contribution in [0, 0.1) is 0 Å². The van der Waals surface area contributed by atoms with Gasteiger partial charge in [0.05, 0.1) is 5.56 Å². The van der Waals surface area contributed by atoms with E-state index in [2.05, 4.69) is 15.9 Å². The molecule has 1 atom stereocenters. The van der Waals surface area contributed by atoms with Crippen LogP contribution >= 0.6 is 15.9 Å². The summed E-state index contributed by atoms with van der Waals surface area (Å²) in [4.78, 5) is 23.3. The van der Waals surface area contributed by atoms with Crippen LogP contribution in [0.4, 0.5) is 0 Å². The summed E-state index contributed by atoms with van der Waals surface area (Å²) in [5.74, 6) is -0.395. The summed E-state index contributed by atoms with van der Waals surface area (Å²) in [6.45, 7) is 1.43. The summed E-state index contributed by atoms with van der Waals surface area (Å²) in [5.41, 5.74) is 1.24. The number of benzene rings is 2. The summed E-state index contributed by atoms with van der Waals surface area (Å²) in [7, 11) is 0. The highest BCUT2D eigenvalue weighted by molar-refractivity contribution is 9.10. The van der Waals surface area contributed by atoms with Crippen molar-refractivity contribution in [1.82, 2.24) is 0 Å². The number of rotatable bonds is 4. The molecule has 6 heteroatoms. The van der Waals surface area contributed by atoms with Crippen molar-refractivity contribution in [1.29, 1.82) is 0 Å². The second-order valence-corrected chi connectivity index (χ2v) is 6.07. The Morgan fingerprint density at radius 3 is 2.75 bits per heavy atom. The molecular weight excluding hydrogens is 376 g/mol. The summed E-state index contributed by atoms with van der Waals surface area (Å²) in [6, 6.07) is 12.1. The van der Waals surface area contributed by atoms with Gasteiger partial charge in [0, 0.05) is 10.5 Å². The molecule has 5 nitrogen and oxygen atoms in total. The Balaban J connectivity index is 1.88. The zero-order valence-corrected chi connectivity index (χ0v) is 14.2. The zero-order chi connectivity index (χ0) is 17.3. The molecule has 2 aromatic rings. The molecule has 0 spiro atoms. The Hall–Kier alpha value is -2.60. The molecule has 1 aliphatic heterocycles. The van der Waals surface area contributed by atoms with Crippen LogP contribution in [0.15, 0.2) is 52.7 Å². The van der Waals surface area contributed by atoms with Crippen LogP contribution in [0.1, 0.15) is 22.8 Å². The molecule has 3 rings (SSSR count). The monoisotopic (exact) mass is 388 g/mol. The number of ketones is 1. The van der Waals surface area contributed by atoms with Crippen LogP contribution in [-0.4, -0.2) is 23.0 Å². The molecule has 0 saturated carbocycles. The average Bonchev–Trinajstić information content (AvgIpc) is 2.85. The van der Waals surface area contributed by atoms with Gasteiger partial charge in [0.15, 0.2) is 11.9 Å². The molecule has 0 aromatic heterocycles. The second kappa shape index (κ2) is 6.49. The molecule has 1 unspecified atom stereocenters. The molecule has 1 N–H and O–H groups in total. The Bertz CT molecular complexity index is 856. The largest absolute Gasteiger partial charge is 0.479 e. The minimum absolute atomic E-state index is 0.209. The molecule has 0 saturated heterocycles. The van der Waals surface area contributed by atoms with E-state index >= 15 is 0 Å². The van der Waals surface area contributed by atoms with Gasteiger partial charge in [-0.2, -0.15) is 0 Å². The number of Topliss-reactive ketones (excluding diaryl/α,β-unsaturated/α-hetero) is 1. The number of fused-ring (bicyclic) bond motifs is 1. The standard InChI is InChI=1S/C18H13BrO5/c1-10(18(21)22)23-12-6-7-13-15(9-12)24-16(17(13)20)8-11-4-2-3-5-14(11)19/h2-10H,1H3,(H,21,22). The molecule has 1 aliphatic rings. The molecule has 122 valence electrons. The fourth-order valence-electron chi connectivity index (χ4n) is 2.23. The first-order valence-corrected chi connectivity index (χ1v) is 7.97. The van der Waals surface area contributed by atoms with Gasteiger partial charge in [0.2, 0.25) is 5.78 Å². The topological polar surface area (TPSA) is 72.8 Å². The van der Waals surface area contributed by atoms with E-state index in [0.29, 0.717) is 17.1 Å². The first-order chi connectivity index (χ1) is 11.5. The quantitative estimate of drug-likeness (QED) is 0.803. The third kappa shape index (κ3) is 3.19. The fourth-order valence-corrected chi connectivity index (χ4v) is 2.63. The van der Waals surface area contributed by atoms with Crippen molar-refractivity contribution < 1.29 is 24.2 Å². The minimum Gasteiger partial charge on any atom is -0.479 e. The number of carbonyl (C=O) groups excluding carboxylic acids is 1. The van der Waals surface area contributed by atoms with Gasteiger partial charge < -0.3 is 14.6 Å². The summed E-state index contributed by atoms with van der Waals surface area (Å²) < 4.78 is 11.8. The summed E-state index contributed by atoms with van der Waals surface area (Å²) in [5, 5.41) is 8.89. The lowest BCUT2D eigenvalue weighted by molar-refractivity contribution is -0.144. The van der Waals surface area contributed by atoms with Crippen LogP contribution in [0.25, 0.3) is 6.08 Å². The number of hydrogen-bond acceptors (Lipinski definition) is 4. The fraction of sp³-hybridized carbons (Fsp3) is 0.111. The van der Waals surface area contributed by atoms with Gasteiger partial charge in [0.1, 0.15) is 11.5 Å². The maximum absolute atomic E-state index is 12.4. The van der Waals surface area contributed by atoms with Crippen molar-refractivity contribution in [3.05, 3.63) is 63.8 Å². The predicted molar refractivity (Wildman–Crippen MR) is 91.2 cm³/mol. The first-order valence-electron chi connectivity index (χ1n) is 7.18. The molecule has 2 aromatic carbocycles. The maximum Gasteiger partial charge on any atom is 0.344 e. The molecule has 1 heterocycles. The highest BCUT2D eigenvalue weighted by Gasteiger charge is 2.28. The number of carbonyl (C=O) groups is 2. The van der Waals surface area contributed by atoms with Crippen molar-refractivity contribution >= 4 is 33.8 Å². The van der Waals surface area contributed by atoms with Crippen LogP contribution in [0.2, 0.25) is 0 Å². The van der Waals surface area contributed by atoms with Gasteiger partial charge >= 0.3 is 5.97 Å². The summed E-state index contributed by atoms with van der Waals surface area (Å²) >= 11 is 3.42. The van der Waals surface area contributed by atoms with E-state index in [-0.39, 0.29) is 11.5 Å². The lowest BCUT2D eigenvalue weighted by Gasteiger charge is -2.10. The van der Waals surface area contributed by atoms with Gasteiger partial charge in [-0.15, -0.1) is 0 Å². The lowest BCUT2D eigenvalue weighted by Crippen LogP contribution is -2.22. The number of carboxylic acid groups (broad SMARTS) is 1. The molecule has 0 fully saturated rings. The van der Waals surface area contributed by atoms with Gasteiger partial charge in [-0.1, -0.05) is 34.1 Å². The van der Waals surface area contributed by atoms with Gasteiger partial charge in [-0.25, -0.2) is 4.79 Å². The number of aliphatic carboxylic acids is 1. The third-order valence-electron chi connectivity index (χ3n) is 3.49. The molecule has 0 radical (unpaired) electrons. The predicted octanol–water partition coefficient (Wildman–Crippen LogP) is 3.92. The zero-order valence-electron chi connectivity index (χ0n) is 12.7. The van der Waals surface area contributed by atoms with Gasteiger partial charge in [-0.05, 0) is 36.8 Å². The second-order valence-electron chi connectivity index (χ2n) is 5.22. The third-order valence-corrected chi connectivity index (χ3v) is 4.22. The number of carboxylic acids is 1. The van der Waals surface area contributed by atoms with Crippen molar-refractivity contribution in [2.45, 2.75) is 13.0 Å². The van der Waals surface area contributed by atoms with E-state index in [1.165, 1.54) is 13.0 Å². The van der Waals surface area contributed by atoms with E-state index in [9.17, 15) is 9.59 Å². The van der Waals surface area contributed by atoms with Crippen molar-refractivity contribution in [2.24, 2.45) is 0 Å². The molecule has 0 amide bonds. The van der Waals surface area contributed by atoms with Crippen LogP contribution in [0.3, 0.4) is 0 Å². The van der Waals surface area contributed by atoms with E-state index in [4.69, 9.17) is 14.6 Å². The van der Waals surface area contributed by atoms with E-state index in [1.807, 2.05) is 24.3 Å². The van der Waals surface area contributed by atoms with Crippen LogP contribution in [0.5, 0.6) is 11.5 Å². The smallest absolute Gasteiger partial charge is 0.344 e. The van der Waals surface area contributed by atoms with E-state index < -0.39 is 12.1 Å². The number of halogens is 1. The SMILES string of the molecule is CC(Oc1ccc2c(c1)OC(=Cc1ccccc1Br)C2=O)C(=O)O. The van der Waals surface area contributed by atoms with E-state index in [0.717, 1.165) is 10.0 Å². The average molecular weight is 389 g/mol. The van der Waals surface area contributed by atoms with Crippen molar-refractivity contribution in [2.75, 3.05) is 0 Å². The van der Waals surface area contributed by atoms with E-state index in [1.54, 1.807) is 18.2 Å². The number of hydrogen-bond donors (Lipinski definition) is 1. The summed E-state index contributed by atoms with van der Waals surface area (Å²) in [6.07, 6.45) is 0.669. The van der Waals surface area contributed by atoms with Gasteiger partial charge in [0.25, 0.3) is 0 Å². The van der Waals surface area contributed by atoms with Crippen LogP contribution < -0.4 is 9.47 Å². The highest BCUT2D eigenvalue weighted by atomic mass is 79.9. The molecule has 0 aliphatic carbocycles. The lowest BCUT2D eigenvalue weighted by atomic mass is 10.1. The van der Waals surface area contributed by atoms with Crippen molar-refractivity contribution in [3.63, 3.8) is 0 Å². The Morgan fingerprint density at radius 1 is 1.29 bits per heavy atom. The normalized spacial score (nSPS) is 15.8. The Labute approximate surface area is 146 Å². The minimum atomic E-state index is -1.07. The molecule has 0 bridgehead atoms. The first kappa shape index (κ1) is 16.3. The number of ether oxygens (including phenoxy) is 2. The number of allylic oxidation sites excluding steroid dienone is 1.